The molecule has 0 aliphatic heterocycles. The van der Waals surface area contributed by atoms with Crippen molar-refractivity contribution in [1.29, 1.82) is 0 Å². The number of benzene rings is 1. The summed E-state index contributed by atoms with van der Waals surface area (Å²) < 4.78 is 1.91. The quantitative estimate of drug-likeness (QED) is 0.814. The number of hydrogen-bond acceptors (Lipinski definition) is 3. The summed E-state index contributed by atoms with van der Waals surface area (Å²) in [5, 5.41) is 17.6. The number of hydrogen-bond donors (Lipinski definition) is 2. The number of aryl methyl sites for hydroxylation is 1. The van der Waals surface area contributed by atoms with Crippen LogP contribution in [0.1, 0.15) is 31.4 Å². The molecule has 0 unspecified atom stereocenters. The van der Waals surface area contributed by atoms with Gasteiger partial charge in [-0.05, 0) is 18.9 Å². The smallest absolute Gasteiger partial charge is 0.0669 e. The minimum absolute atomic E-state index is 0.0788. The first kappa shape index (κ1) is 14.8. The van der Waals surface area contributed by atoms with Crippen molar-refractivity contribution in [3.05, 3.63) is 53.9 Å². The molecule has 1 aromatic carbocycles. The molecule has 0 fully saturated rings. The fraction of sp³-hybridized carbons (Fsp3) is 0.438. The van der Waals surface area contributed by atoms with Gasteiger partial charge >= 0.3 is 0 Å². The molecule has 1 atom stereocenters. The fourth-order valence-electron chi connectivity index (χ4n) is 2.39. The molecule has 0 saturated carbocycles. The average molecular weight is 273 g/mol. The van der Waals surface area contributed by atoms with E-state index in [1.54, 1.807) is 0 Å². The maximum atomic E-state index is 9.88. The highest BCUT2D eigenvalue weighted by atomic mass is 16.3. The van der Waals surface area contributed by atoms with E-state index in [9.17, 15) is 5.11 Å². The molecular weight excluding hydrogens is 250 g/mol. The van der Waals surface area contributed by atoms with Gasteiger partial charge in [0.05, 0.1) is 18.3 Å². The molecule has 0 bridgehead atoms. The molecule has 4 heteroatoms. The zero-order chi connectivity index (χ0) is 14.4. The lowest BCUT2D eigenvalue weighted by Crippen LogP contribution is -2.44. The third kappa shape index (κ3) is 3.08. The SMILES string of the molecule is CCn1cc(CN[C@@](CC)(CO)c2ccccc2)cn1. The van der Waals surface area contributed by atoms with E-state index in [1.165, 1.54) is 0 Å². The van der Waals surface area contributed by atoms with E-state index in [1.807, 2.05) is 35.3 Å². The standard InChI is InChI=1S/C16H23N3O/c1-3-16(13-20,15-8-6-5-7-9-15)17-10-14-11-18-19(4-2)12-14/h5-9,11-12,17,20H,3-4,10,13H2,1-2H3/t16-/m0/s1. The maximum Gasteiger partial charge on any atom is 0.0669 e. The van der Waals surface area contributed by atoms with E-state index in [2.05, 4.69) is 36.4 Å². The number of nitrogens with zero attached hydrogens (tertiary/aromatic N) is 2. The number of aliphatic hydroxyl groups excluding tert-OH is 1. The van der Waals surface area contributed by atoms with Crippen LogP contribution in [0.2, 0.25) is 0 Å². The largest absolute Gasteiger partial charge is 0.394 e. The summed E-state index contributed by atoms with van der Waals surface area (Å²) in [5.74, 6) is 0. The van der Waals surface area contributed by atoms with Crippen molar-refractivity contribution in [2.75, 3.05) is 6.61 Å². The molecule has 0 spiro atoms. The Balaban J connectivity index is 2.13. The lowest BCUT2D eigenvalue weighted by atomic mass is 9.88. The predicted molar refractivity (Wildman–Crippen MR) is 80.2 cm³/mol. The topological polar surface area (TPSA) is 50.1 Å². The zero-order valence-corrected chi connectivity index (χ0v) is 12.2. The minimum atomic E-state index is -0.393. The summed E-state index contributed by atoms with van der Waals surface area (Å²) >= 11 is 0. The first-order chi connectivity index (χ1) is 9.74. The van der Waals surface area contributed by atoms with Crippen LogP contribution in [-0.2, 0) is 18.6 Å². The summed E-state index contributed by atoms with van der Waals surface area (Å²) in [4.78, 5) is 0. The number of rotatable bonds is 7. The summed E-state index contributed by atoms with van der Waals surface area (Å²) in [6, 6.07) is 10.1. The molecule has 0 saturated heterocycles. The van der Waals surface area contributed by atoms with Gasteiger partial charge in [0.1, 0.15) is 0 Å². The van der Waals surface area contributed by atoms with Crippen molar-refractivity contribution in [3.8, 4) is 0 Å². The minimum Gasteiger partial charge on any atom is -0.394 e. The molecule has 1 aromatic heterocycles. The average Bonchev–Trinajstić information content (AvgIpc) is 2.98. The molecule has 2 aromatic rings. The molecule has 2 rings (SSSR count). The van der Waals surface area contributed by atoms with Crippen molar-refractivity contribution >= 4 is 0 Å². The van der Waals surface area contributed by atoms with Gasteiger partial charge in [0.25, 0.3) is 0 Å². The Morgan fingerprint density at radius 3 is 2.55 bits per heavy atom. The van der Waals surface area contributed by atoms with Gasteiger partial charge < -0.3 is 10.4 Å². The monoisotopic (exact) mass is 273 g/mol. The van der Waals surface area contributed by atoms with E-state index in [0.717, 1.165) is 24.1 Å². The summed E-state index contributed by atoms with van der Waals surface area (Å²) in [7, 11) is 0. The molecule has 4 nitrogen and oxygen atoms in total. The second kappa shape index (κ2) is 6.68. The Kier molecular flexibility index (Phi) is 4.93. The second-order valence-electron chi connectivity index (χ2n) is 5.02. The molecule has 0 radical (unpaired) electrons. The van der Waals surface area contributed by atoms with Crippen molar-refractivity contribution in [3.63, 3.8) is 0 Å². The number of nitrogens with one attached hydrogen (secondary N) is 1. The van der Waals surface area contributed by atoms with Crippen molar-refractivity contribution in [2.24, 2.45) is 0 Å². The van der Waals surface area contributed by atoms with Gasteiger partial charge in [-0.2, -0.15) is 5.10 Å². The maximum absolute atomic E-state index is 9.88. The Morgan fingerprint density at radius 1 is 1.25 bits per heavy atom. The molecule has 2 N–H and O–H groups in total. The Labute approximate surface area is 120 Å². The molecule has 20 heavy (non-hydrogen) atoms. The van der Waals surface area contributed by atoms with Gasteiger partial charge in [0.2, 0.25) is 0 Å². The van der Waals surface area contributed by atoms with Gasteiger partial charge in [-0.3, -0.25) is 4.68 Å². The molecular formula is C16H23N3O. The van der Waals surface area contributed by atoms with E-state index in [4.69, 9.17) is 0 Å². The van der Waals surface area contributed by atoms with Gasteiger partial charge in [-0.25, -0.2) is 0 Å². The van der Waals surface area contributed by atoms with Crippen LogP contribution in [0.15, 0.2) is 42.7 Å². The van der Waals surface area contributed by atoms with Crippen molar-refractivity contribution < 1.29 is 5.11 Å². The molecule has 0 aliphatic rings. The summed E-state index contributed by atoms with van der Waals surface area (Å²) in [6.45, 7) is 5.81. The summed E-state index contributed by atoms with van der Waals surface area (Å²) in [6.07, 6.45) is 4.74. The molecule has 108 valence electrons. The first-order valence-corrected chi connectivity index (χ1v) is 7.17. The third-order valence-corrected chi connectivity index (χ3v) is 3.84. The molecule has 1 heterocycles. The van der Waals surface area contributed by atoms with Crippen LogP contribution < -0.4 is 5.32 Å². The zero-order valence-electron chi connectivity index (χ0n) is 12.2. The van der Waals surface area contributed by atoms with Gasteiger partial charge in [0.15, 0.2) is 0 Å². The predicted octanol–water partition coefficient (Wildman–Crippen LogP) is 2.29. The van der Waals surface area contributed by atoms with Gasteiger partial charge in [-0.1, -0.05) is 37.3 Å². The van der Waals surface area contributed by atoms with Crippen LogP contribution in [0.4, 0.5) is 0 Å². The third-order valence-electron chi connectivity index (χ3n) is 3.84. The van der Waals surface area contributed by atoms with Crippen LogP contribution in [0.3, 0.4) is 0 Å². The van der Waals surface area contributed by atoms with E-state index < -0.39 is 5.54 Å². The van der Waals surface area contributed by atoms with E-state index in [-0.39, 0.29) is 6.61 Å². The van der Waals surface area contributed by atoms with Gasteiger partial charge in [-0.15, -0.1) is 0 Å². The van der Waals surface area contributed by atoms with Crippen LogP contribution in [0.5, 0.6) is 0 Å². The molecule has 0 amide bonds. The number of aliphatic hydroxyl groups is 1. The molecule has 0 aliphatic carbocycles. The van der Waals surface area contributed by atoms with Crippen LogP contribution in [0, 0.1) is 0 Å². The fourth-order valence-corrected chi connectivity index (χ4v) is 2.39. The van der Waals surface area contributed by atoms with E-state index in [0.29, 0.717) is 6.54 Å². The normalized spacial score (nSPS) is 14.2. The highest BCUT2D eigenvalue weighted by molar-refractivity contribution is 5.25. The van der Waals surface area contributed by atoms with E-state index >= 15 is 0 Å². The Hall–Kier alpha value is -1.65. The Bertz CT molecular complexity index is 518. The van der Waals surface area contributed by atoms with Crippen LogP contribution in [0.25, 0.3) is 0 Å². The lowest BCUT2D eigenvalue weighted by Gasteiger charge is -2.32. The van der Waals surface area contributed by atoms with Gasteiger partial charge in [0, 0.05) is 24.8 Å². The highest BCUT2D eigenvalue weighted by Crippen LogP contribution is 2.24. The van der Waals surface area contributed by atoms with Crippen LogP contribution >= 0.6 is 0 Å². The Morgan fingerprint density at radius 2 is 2.00 bits per heavy atom. The first-order valence-electron chi connectivity index (χ1n) is 7.17. The van der Waals surface area contributed by atoms with Crippen LogP contribution in [-0.4, -0.2) is 21.5 Å². The number of aromatic nitrogens is 2. The van der Waals surface area contributed by atoms with Crippen molar-refractivity contribution in [2.45, 2.75) is 38.9 Å². The lowest BCUT2D eigenvalue weighted by molar-refractivity contribution is 0.154. The van der Waals surface area contributed by atoms with Crippen molar-refractivity contribution in [1.82, 2.24) is 15.1 Å². The second-order valence-corrected chi connectivity index (χ2v) is 5.02. The highest BCUT2D eigenvalue weighted by Gasteiger charge is 2.28. The summed E-state index contributed by atoms with van der Waals surface area (Å²) in [5.41, 5.74) is 1.86.